The first-order chi connectivity index (χ1) is 7.50. The predicted octanol–water partition coefficient (Wildman–Crippen LogP) is -0.515. The summed E-state index contributed by atoms with van der Waals surface area (Å²) in [7, 11) is 0. The standard InChI is InChI=1S/C11H22N2O3/c1-8(3-4-14)5-13-10(15)11(2)7-16-6-9(11)12/h8-9,14H,3-7,12H2,1-2H3,(H,13,15). The number of carbonyl (C=O) groups is 1. The van der Waals surface area contributed by atoms with Gasteiger partial charge in [0.2, 0.25) is 5.91 Å². The molecule has 0 aromatic heterocycles. The number of hydrogen-bond donors (Lipinski definition) is 3. The second kappa shape index (κ2) is 5.61. The van der Waals surface area contributed by atoms with Gasteiger partial charge in [-0.15, -0.1) is 0 Å². The average molecular weight is 230 g/mol. The molecule has 1 amide bonds. The molecule has 16 heavy (non-hydrogen) atoms. The van der Waals surface area contributed by atoms with Gasteiger partial charge in [-0.25, -0.2) is 0 Å². The molecule has 1 aliphatic heterocycles. The Morgan fingerprint density at radius 2 is 2.44 bits per heavy atom. The molecule has 0 radical (unpaired) electrons. The zero-order valence-corrected chi connectivity index (χ0v) is 10.0. The Hall–Kier alpha value is -0.650. The van der Waals surface area contributed by atoms with Crippen molar-refractivity contribution in [3.05, 3.63) is 0 Å². The molecule has 0 bridgehead atoms. The van der Waals surface area contributed by atoms with E-state index >= 15 is 0 Å². The summed E-state index contributed by atoms with van der Waals surface area (Å²) < 4.78 is 5.22. The van der Waals surface area contributed by atoms with Crippen molar-refractivity contribution in [2.24, 2.45) is 17.1 Å². The highest BCUT2D eigenvalue weighted by Gasteiger charge is 2.44. The minimum absolute atomic E-state index is 0.0534. The van der Waals surface area contributed by atoms with E-state index in [4.69, 9.17) is 15.6 Å². The van der Waals surface area contributed by atoms with Crippen molar-refractivity contribution in [2.45, 2.75) is 26.3 Å². The Balaban J connectivity index is 2.40. The minimum atomic E-state index is -0.612. The average Bonchev–Trinajstić information content (AvgIpc) is 2.57. The summed E-state index contributed by atoms with van der Waals surface area (Å²) in [5, 5.41) is 11.6. The van der Waals surface area contributed by atoms with Gasteiger partial charge in [0.15, 0.2) is 0 Å². The summed E-state index contributed by atoms with van der Waals surface area (Å²) in [6.45, 7) is 5.36. The van der Waals surface area contributed by atoms with Crippen molar-refractivity contribution in [3.63, 3.8) is 0 Å². The monoisotopic (exact) mass is 230 g/mol. The van der Waals surface area contributed by atoms with Crippen LogP contribution >= 0.6 is 0 Å². The fourth-order valence-electron chi connectivity index (χ4n) is 1.71. The number of aliphatic hydroxyl groups is 1. The molecule has 3 unspecified atom stereocenters. The molecule has 1 aliphatic rings. The summed E-state index contributed by atoms with van der Waals surface area (Å²) in [6.07, 6.45) is 0.694. The van der Waals surface area contributed by atoms with Crippen molar-refractivity contribution in [2.75, 3.05) is 26.4 Å². The fraction of sp³-hybridized carbons (Fsp3) is 0.909. The SMILES string of the molecule is CC(CCO)CNC(=O)C1(C)COCC1N. The van der Waals surface area contributed by atoms with Gasteiger partial charge in [-0.2, -0.15) is 0 Å². The topological polar surface area (TPSA) is 84.6 Å². The van der Waals surface area contributed by atoms with Crippen LogP contribution < -0.4 is 11.1 Å². The van der Waals surface area contributed by atoms with Gasteiger partial charge in [0.1, 0.15) is 0 Å². The third-order valence-electron chi connectivity index (χ3n) is 3.27. The van der Waals surface area contributed by atoms with Gasteiger partial charge in [-0.1, -0.05) is 6.92 Å². The lowest BCUT2D eigenvalue weighted by Crippen LogP contribution is -2.50. The van der Waals surface area contributed by atoms with Crippen LogP contribution in [-0.2, 0) is 9.53 Å². The molecule has 5 nitrogen and oxygen atoms in total. The van der Waals surface area contributed by atoms with Gasteiger partial charge in [0.05, 0.1) is 18.6 Å². The quantitative estimate of drug-likeness (QED) is 0.593. The van der Waals surface area contributed by atoms with Gasteiger partial charge in [0.25, 0.3) is 0 Å². The number of rotatable bonds is 5. The maximum Gasteiger partial charge on any atom is 0.229 e. The lowest BCUT2D eigenvalue weighted by atomic mass is 9.84. The van der Waals surface area contributed by atoms with E-state index in [0.717, 1.165) is 0 Å². The molecular formula is C11H22N2O3. The zero-order valence-electron chi connectivity index (χ0n) is 10.0. The first-order valence-electron chi connectivity index (χ1n) is 5.73. The maximum absolute atomic E-state index is 12.0. The zero-order chi connectivity index (χ0) is 12.2. The Morgan fingerprint density at radius 3 is 2.94 bits per heavy atom. The molecule has 1 heterocycles. The van der Waals surface area contributed by atoms with Crippen LogP contribution in [0.3, 0.4) is 0 Å². The molecule has 1 rings (SSSR count). The molecule has 5 heteroatoms. The lowest BCUT2D eigenvalue weighted by molar-refractivity contribution is -0.130. The summed E-state index contributed by atoms with van der Waals surface area (Å²) >= 11 is 0. The molecule has 1 fully saturated rings. The number of carbonyl (C=O) groups excluding carboxylic acids is 1. The van der Waals surface area contributed by atoms with Gasteiger partial charge in [-0.05, 0) is 19.3 Å². The molecule has 94 valence electrons. The largest absolute Gasteiger partial charge is 0.396 e. The summed E-state index contributed by atoms with van der Waals surface area (Å²) in [5.41, 5.74) is 5.24. The van der Waals surface area contributed by atoms with E-state index in [1.165, 1.54) is 0 Å². The molecule has 3 atom stereocenters. The normalized spacial score (nSPS) is 31.4. The van der Waals surface area contributed by atoms with Gasteiger partial charge in [-0.3, -0.25) is 4.79 Å². The third kappa shape index (κ3) is 2.93. The van der Waals surface area contributed by atoms with Crippen molar-refractivity contribution in [1.29, 1.82) is 0 Å². The molecule has 0 aliphatic carbocycles. The van der Waals surface area contributed by atoms with E-state index in [2.05, 4.69) is 5.32 Å². The van der Waals surface area contributed by atoms with E-state index in [1.54, 1.807) is 0 Å². The third-order valence-corrected chi connectivity index (χ3v) is 3.27. The summed E-state index contributed by atoms with van der Waals surface area (Å²) in [5.74, 6) is 0.221. The number of aliphatic hydroxyl groups excluding tert-OH is 1. The molecule has 0 saturated carbocycles. The second-order valence-electron chi connectivity index (χ2n) is 4.87. The van der Waals surface area contributed by atoms with Gasteiger partial charge in [0, 0.05) is 19.2 Å². The van der Waals surface area contributed by atoms with Crippen LogP contribution in [-0.4, -0.2) is 43.4 Å². The van der Waals surface area contributed by atoms with Crippen molar-refractivity contribution >= 4 is 5.91 Å². The van der Waals surface area contributed by atoms with Crippen LogP contribution in [0.2, 0.25) is 0 Å². The molecular weight excluding hydrogens is 208 g/mol. The number of hydrogen-bond acceptors (Lipinski definition) is 4. The van der Waals surface area contributed by atoms with Crippen LogP contribution in [0.4, 0.5) is 0 Å². The van der Waals surface area contributed by atoms with Crippen molar-refractivity contribution in [3.8, 4) is 0 Å². The Morgan fingerprint density at radius 1 is 1.75 bits per heavy atom. The Bertz CT molecular complexity index is 247. The van der Waals surface area contributed by atoms with E-state index in [0.29, 0.717) is 26.2 Å². The van der Waals surface area contributed by atoms with Crippen LogP contribution in [0.5, 0.6) is 0 Å². The fourth-order valence-corrected chi connectivity index (χ4v) is 1.71. The molecule has 0 aromatic rings. The Kier molecular flexibility index (Phi) is 4.70. The van der Waals surface area contributed by atoms with E-state index in [1.807, 2.05) is 13.8 Å². The number of nitrogens with two attached hydrogens (primary N) is 1. The number of ether oxygens (including phenoxy) is 1. The highest BCUT2D eigenvalue weighted by Crippen LogP contribution is 2.27. The highest BCUT2D eigenvalue weighted by atomic mass is 16.5. The number of nitrogens with one attached hydrogen (secondary N) is 1. The summed E-state index contributed by atoms with van der Waals surface area (Å²) in [6, 6.07) is -0.236. The maximum atomic E-state index is 12.0. The molecule has 0 aromatic carbocycles. The van der Waals surface area contributed by atoms with E-state index in [-0.39, 0.29) is 24.5 Å². The van der Waals surface area contributed by atoms with Crippen LogP contribution in [0.1, 0.15) is 20.3 Å². The van der Waals surface area contributed by atoms with Crippen molar-refractivity contribution in [1.82, 2.24) is 5.32 Å². The smallest absolute Gasteiger partial charge is 0.229 e. The second-order valence-corrected chi connectivity index (χ2v) is 4.87. The van der Waals surface area contributed by atoms with Crippen molar-refractivity contribution < 1.29 is 14.6 Å². The molecule has 1 saturated heterocycles. The number of amides is 1. The lowest BCUT2D eigenvalue weighted by Gasteiger charge is -2.26. The van der Waals surface area contributed by atoms with E-state index in [9.17, 15) is 4.79 Å². The van der Waals surface area contributed by atoms with Crippen LogP contribution in [0.15, 0.2) is 0 Å². The van der Waals surface area contributed by atoms with Gasteiger partial charge >= 0.3 is 0 Å². The van der Waals surface area contributed by atoms with Gasteiger partial charge < -0.3 is 20.9 Å². The van der Waals surface area contributed by atoms with Crippen LogP contribution in [0, 0.1) is 11.3 Å². The van der Waals surface area contributed by atoms with E-state index < -0.39 is 5.41 Å². The molecule has 4 N–H and O–H groups in total. The Labute approximate surface area is 96.3 Å². The summed E-state index contributed by atoms with van der Waals surface area (Å²) in [4.78, 5) is 12.0. The van der Waals surface area contributed by atoms with Crippen LogP contribution in [0.25, 0.3) is 0 Å². The predicted molar refractivity (Wildman–Crippen MR) is 60.8 cm³/mol. The first-order valence-corrected chi connectivity index (χ1v) is 5.73. The molecule has 0 spiro atoms. The first kappa shape index (κ1) is 13.4. The minimum Gasteiger partial charge on any atom is -0.396 e. The highest BCUT2D eigenvalue weighted by molar-refractivity contribution is 5.83.